The molecule has 1 atom stereocenters. The number of fused-ring (bicyclic) bond motifs is 1. The SMILES string of the molecule is COc1cccc(CN2C(=O)C(=O)/C(=C(\O)c3ccc4c(c3)CCCO4)C2c2cccc(OC(C)C)c2)c1. The van der Waals surface area contributed by atoms with Gasteiger partial charge in [-0.1, -0.05) is 24.3 Å². The minimum atomic E-state index is -0.802. The number of Topliss-reactive ketones (excluding diaryl/α,β-unsaturated/α-hetero) is 1. The van der Waals surface area contributed by atoms with Crippen molar-refractivity contribution in [3.05, 3.63) is 94.6 Å². The number of hydrogen-bond acceptors (Lipinski definition) is 6. The van der Waals surface area contributed by atoms with Crippen LogP contribution in [-0.4, -0.2) is 41.5 Å². The van der Waals surface area contributed by atoms with Gasteiger partial charge in [0.2, 0.25) is 0 Å². The van der Waals surface area contributed by atoms with E-state index in [1.54, 1.807) is 13.2 Å². The maximum absolute atomic E-state index is 13.5. The minimum absolute atomic E-state index is 0.0499. The number of hydrogen-bond donors (Lipinski definition) is 1. The maximum atomic E-state index is 13.5. The van der Waals surface area contributed by atoms with Gasteiger partial charge in [0, 0.05) is 12.1 Å². The molecule has 1 N–H and O–H groups in total. The lowest BCUT2D eigenvalue weighted by atomic mass is 9.93. The minimum Gasteiger partial charge on any atom is -0.507 e. The number of aliphatic hydroxyl groups excluding tert-OH is 1. The molecule has 3 aromatic rings. The van der Waals surface area contributed by atoms with E-state index < -0.39 is 17.7 Å². The molecular formula is C31H31NO6. The molecule has 3 aromatic carbocycles. The second-order valence-corrected chi connectivity index (χ2v) is 9.79. The van der Waals surface area contributed by atoms with Crippen LogP contribution in [0.3, 0.4) is 0 Å². The Kier molecular flexibility index (Phi) is 7.09. The topological polar surface area (TPSA) is 85.3 Å². The molecule has 0 aliphatic carbocycles. The highest BCUT2D eigenvalue weighted by Crippen LogP contribution is 2.42. The summed E-state index contributed by atoms with van der Waals surface area (Å²) in [5.74, 6) is 0.455. The Bertz CT molecular complexity index is 1410. The Labute approximate surface area is 222 Å². The standard InChI is InChI=1S/C31H31NO6/c1-19(2)38-25-11-5-8-22(17-25)28-27(29(33)23-12-13-26-21(16-23)9-6-14-37-26)30(34)31(35)32(28)18-20-7-4-10-24(15-20)36-3/h4-5,7-8,10-13,15-17,19,28,33H,6,9,14,18H2,1-3H3/b29-27-. The first-order valence-corrected chi connectivity index (χ1v) is 12.8. The van der Waals surface area contributed by atoms with Crippen LogP contribution < -0.4 is 14.2 Å². The molecule has 0 aromatic heterocycles. The van der Waals surface area contributed by atoms with Gasteiger partial charge in [0.1, 0.15) is 23.0 Å². The molecule has 0 saturated carbocycles. The van der Waals surface area contributed by atoms with Crippen molar-refractivity contribution in [3.63, 3.8) is 0 Å². The number of ether oxygens (including phenoxy) is 3. The highest BCUT2D eigenvalue weighted by atomic mass is 16.5. The van der Waals surface area contributed by atoms with E-state index in [0.29, 0.717) is 29.2 Å². The first-order chi connectivity index (χ1) is 18.4. The van der Waals surface area contributed by atoms with Crippen molar-refractivity contribution in [2.75, 3.05) is 13.7 Å². The van der Waals surface area contributed by atoms with Gasteiger partial charge in [0.25, 0.3) is 11.7 Å². The summed E-state index contributed by atoms with van der Waals surface area (Å²) in [5.41, 5.74) is 2.98. The predicted molar refractivity (Wildman–Crippen MR) is 143 cm³/mol. The zero-order valence-corrected chi connectivity index (χ0v) is 21.8. The van der Waals surface area contributed by atoms with Crippen LogP contribution in [0.25, 0.3) is 5.76 Å². The third-order valence-electron chi connectivity index (χ3n) is 6.75. The van der Waals surface area contributed by atoms with Crippen LogP contribution in [0.2, 0.25) is 0 Å². The molecule has 0 radical (unpaired) electrons. The summed E-state index contributed by atoms with van der Waals surface area (Å²) in [6.07, 6.45) is 1.65. The molecule has 196 valence electrons. The Balaban J connectivity index is 1.63. The molecule has 1 fully saturated rings. The molecule has 7 nitrogen and oxygen atoms in total. The van der Waals surface area contributed by atoms with Gasteiger partial charge in [0.05, 0.1) is 31.4 Å². The monoisotopic (exact) mass is 513 g/mol. The van der Waals surface area contributed by atoms with E-state index in [4.69, 9.17) is 14.2 Å². The van der Waals surface area contributed by atoms with Gasteiger partial charge < -0.3 is 24.2 Å². The summed E-state index contributed by atoms with van der Waals surface area (Å²) >= 11 is 0. The van der Waals surface area contributed by atoms with Crippen molar-refractivity contribution in [1.29, 1.82) is 0 Å². The van der Waals surface area contributed by atoms with Crippen molar-refractivity contribution in [1.82, 2.24) is 4.90 Å². The Morgan fingerprint density at radius 2 is 1.84 bits per heavy atom. The van der Waals surface area contributed by atoms with Gasteiger partial charge >= 0.3 is 0 Å². The number of benzene rings is 3. The lowest BCUT2D eigenvalue weighted by Crippen LogP contribution is -2.29. The first-order valence-electron chi connectivity index (χ1n) is 12.8. The molecule has 1 saturated heterocycles. The average molecular weight is 514 g/mol. The summed E-state index contributed by atoms with van der Waals surface area (Å²) in [6.45, 7) is 4.68. The number of rotatable bonds is 7. The summed E-state index contributed by atoms with van der Waals surface area (Å²) in [4.78, 5) is 28.4. The van der Waals surface area contributed by atoms with Crippen LogP contribution >= 0.6 is 0 Å². The zero-order chi connectivity index (χ0) is 26.8. The van der Waals surface area contributed by atoms with E-state index in [2.05, 4.69) is 0 Å². The molecular weight excluding hydrogens is 482 g/mol. The number of carbonyl (C=O) groups is 2. The van der Waals surface area contributed by atoms with Crippen LogP contribution in [-0.2, 0) is 22.6 Å². The van der Waals surface area contributed by atoms with Crippen molar-refractivity contribution in [2.45, 2.75) is 45.4 Å². The second kappa shape index (κ2) is 10.6. The first kappa shape index (κ1) is 25.4. The Morgan fingerprint density at radius 1 is 1.05 bits per heavy atom. The lowest BCUT2D eigenvalue weighted by molar-refractivity contribution is -0.140. The van der Waals surface area contributed by atoms with Gasteiger partial charge in [-0.05, 0) is 85.8 Å². The fourth-order valence-electron chi connectivity index (χ4n) is 5.05. The van der Waals surface area contributed by atoms with Gasteiger partial charge in [-0.3, -0.25) is 9.59 Å². The van der Waals surface area contributed by atoms with E-state index in [-0.39, 0.29) is 24.0 Å². The van der Waals surface area contributed by atoms with Gasteiger partial charge in [-0.25, -0.2) is 0 Å². The third kappa shape index (κ3) is 4.96. The van der Waals surface area contributed by atoms with Crippen LogP contribution in [0, 0.1) is 0 Å². The molecule has 0 spiro atoms. The number of ketones is 1. The smallest absolute Gasteiger partial charge is 0.295 e. The molecule has 38 heavy (non-hydrogen) atoms. The number of aryl methyl sites for hydroxylation is 1. The van der Waals surface area contributed by atoms with Gasteiger partial charge in [-0.15, -0.1) is 0 Å². The summed E-state index contributed by atoms with van der Waals surface area (Å²) in [5, 5.41) is 11.5. The fourth-order valence-corrected chi connectivity index (χ4v) is 5.05. The molecule has 0 bridgehead atoms. The number of amides is 1. The molecule has 2 aliphatic heterocycles. The number of likely N-dealkylation sites (tertiary alicyclic amines) is 1. The quantitative estimate of drug-likeness (QED) is 0.258. The largest absolute Gasteiger partial charge is 0.507 e. The number of carbonyl (C=O) groups excluding carboxylic acids is 2. The predicted octanol–water partition coefficient (Wildman–Crippen LogP) is 5.43. The molecule has 2 aliphatic rings. The number of nitrogens with zero attached hydrogens (tertiary/aromatic N) is 1. The average Bonchev–Trinajstić information content (AvgIpc) is 3.17. The van der Waals surface area contributed by atoms with E-state index in [1.165, 1.54) is 4.90 Å². The molecule has 5 rings (SSSR count). The van der Waals surface area contributed by atoms with Crippen molar-refractivity contribution in [2.24, 2.45) is 0 Å². The number of methoxy groups -OCH3 is 1. The molecule has 1 amide bonds. The Hall–Kier alpha value is -4.26. The van der Waals surface area contributed by atoms with Crippen LogP contribution in [0.15, 0.2) is 72.3 Å². The van der Waals surface area contributed by atoms with Gasteiger partial charge in [0.15, 0.2) is 0 Å². The van der Waals surface area contributed by atoms with E-state index >= 15 is 0 Å². The Morgan fingerprint density at radius 3 is 2.63 bits per heavy atom. The van der Waals surface area contributed by atoms with E-state index in [9.17, 15) is 14.7 Å². The van der Waals surface area contributed by atoms with E-state index in [0.717, 1.165) is 29.7 Å². The molecule has 7 heteroatoms. The highest BCUT2D eigenvalue weighted by Gasteiger charge is 2.46. The van der Waals surface area contributed by atoms with Gasteiger partial charge in [-0.2, -0.15) is 0 Å². The number of aliphatic hydroxyl groups is 1. The van der Waals surface area contributed by atoms with E-state index in [1.807, 2.05) is 74.5 Å². The van der Waals surface area contributed by atoms with Crippen LogP contribution in [0.4, 0.5) is 0 Å². The summed E-state index contributed by atoms with van der Waals surface area (Å²) in [7, 11) is 1.58. The summed E-state index contributed by atoms with van der Waals surface area (Å²) in [6, 6.07) is 19.3. The second-order valence-electron chi connectivity index (χ2n) is 9.79. The molecule has 2 heterocycles. The molecule has 1 unspecified atom stereocenters. The van der Waals surface area contributed by atoms with Crippen molar-refractivity contribution < 1.29 is 28.9 Å². The highest BCUT2D eigenvalue weighted by molar-refractivity contribution is 6.46. The normalized spacial score (nSPS) is 18.3. The van der Waals surface area contributed by atoms with Crippen molar-refractivity contribution in [3.8, 4) is 17.2 Å². The fraction of sp³-hybridized carbons (Fsp3) is 0.290. The van der Waals surface area contributed by atoms with Crippen LogP contribution in [0.1, 0.15) is 48.6 Å². The van der Waals surface area contributed by atoms with Crippen molar-refractivity contribution >= 4 is 17.4 Å². The maximum Gasteiger partial charge on any atom is 0.295 e. The summed E-state index contributed by atoms with van der Waals surface area (Å²) < 4.78 is 17.0. The zero-order valence-electron chi connectivity index (χ0n) is 21.8. The lowest BCUT2D eigenvalue weighted by Gasteiger charge is -2.26. The van der Waals surface area contributed by atoms with Crippen LogP contribution in [0.5, 0.6) is 17.2 Å². The third-order valence-corrected chi connectivity index (χ3v) is 6.75.